The normalized spacial score (nSPS) is 11.3. The minimum atomic E-state index is -0.893. The zero-order valence-electron chi connectivity index (χ0n) is 11.3. The Bertz CT molecular complexity index is 518. The van der Waals surface area contributed by atoms with Gasteiger partial charge in [0.25, 0.3) is 5.91 Å². The van der Waals surface area contributed by atoms with Crippen LogP contribution < -0.4 is 15.8 Å². The number of benzene rings is 1. The van der Waals surface area contributed by atoms with Crippen LogP contribution >= 0.6 is 11.6 Å². The van der Waals surface area contributed by atoms with E-state index in [1.807, 2.05) is 0 Å². The van der Waals surface area contributed by atoms with Crippen molar-refractivity contribution < 1.29 is 23.9 Å². The van der Waals surface area contributed by atoms with Crippen LogP contribution in [0.4, 0.5) is 0 Å². The SMILES string of the molecule is C[C@@H](Oc1ccc(Cl)cc1)C(=O)OCC(=O)NCC(N)=O. The van der Waals surface area contributed by atoms with Gasteiger partial charge in [0.05, 0.1) is 6.54 Å². The molecule has 0 saturated carbocycles. The molecule has 0 spiro atoms. The Hall–Kier alpha value is -2.28. The van der Waals surface area contributed by atoms with Gasteiger partial charge in [0.1, 0.15) is 5.75 Å². The molecule has 3 N–H and O–H groups in total. The number of esters is 1. The Morgan fingerprint density at radius 1 is 1.29 bits per heavy atom. The van der Waals surface area contributed by atoms with E-state index in [0.29, 0.717) is 10.8 Å². The Morgan fingerprint density at radius 2 is 1.90 bits per heavy atom. The summed E-state index contributed by atoms with van der Waals surface area (Å²) in [4.78, 5) is 33.3. The number of ether oxygens (including phenoxy) is 2. The lowest BCUT2D eigenvalue weighted by molar-refractivity contribution is -0.154. The minimum absolute atomic E-state index is 0.312. The maximum Gasteiger partial charge on any atom is 0.347 e. The van der Waals surface area contributed by atoms with E-state index in [9.17, 15) is 14.4 Å². The summed E-state index contributed by atoms with van der Waals surface area (Å²) < 4.78 is 10.1. The smallest absolute Gasteiger partial charge is 0.347 e. The molecular weight excluding hydrogens is 300 g/mol. The molecule has 0 bridgehead atoms. The number of amides is 2. The van der Waals surface area contributed by atoms with Crippen LogP contribution in [0.2, 0.25) is 5.02 Å². The molecule has 1 rings (SSSR count). The van der Waals surface area contributed by atoms with Gasteiger partial charge in [0.15, 0.2) is 12.7 Å². The van der Waals surface area contributed by atoms with Crippen molar-refractivity contribution in [3.8, 4) is 5.75 Å². The number of halogens is 1. The highest BCUT2D eigenvalue weighted by molar-refractivity contribution is 6.30. The Morgan fingerprint density at radius 3 is 2.48 bits per heavy atom. The highest BCUT2D eigenvalue weighted by Gasteiger charge is 2.17. The average Bonchev–Trinajstić information content (AvgIpc) is 2.44. The molecule has 1 aromatic rings. The molecule has 114 valence electrons. The first-order chi connectivity index (χ1) is 9.88. The second kappa shape index (κ2) is 8.11. The Kier molecular flexibility index (Phi) is 6.48. The van der Waals surface area contributed by atoms with E-state index in [1.165, 1.54) is 6.92 Å². The molecule has 0 heterocycles. The molecule has 0 aromatic heterocycles. The van der Waals surface area contributed by atoms with Crippen molar-refractivity contribution in [1.82, 2.24) is 5.32 Å². The number of nitrogens with one attached hydrogen (secondary N) is 1. The number of hydrogen-bond acceptors (Lipinski definition) is 5. The predicted molar refractivity (Wildman–Crippen MR) is 74.7 cm³/mol. The third-order valence-corrected chi connectivity index (χ3v) is 2.52. The molecule has 2 amide bonds. The fourth-order valence-electron chi connectivity index (χ4n) is 1.26. The predicted octanol–water partition coefficient (Wildman–Crippen LogP) is 0.252. The Balaban J connectivity index is 2.35. The van der Waals surface area contributed by atoms with E-state index in [-0.39, 0.29) is 6.54 Å². The lowest BCUT2D eigenvalue weighted by Gasteiger charge is -2.13. The van der Waals surface area contributed by atoms with Crippen molar-refractivity contribution in [1.29, 1.82) is 0 Å². The van der Waals surface area contributed by atoms with Crippen LogP contribution in [-0.2, 0) is 19.1 Å². The average molecular weight is 315 g/mol. The van der Waals surface area contributed by atoms with E-state index in [4.69, 9.17) is 26.8 Å². The molecule has 0 saturated heterocycles. The van der Waals surface area contributed by atoms with E-state index in [0.717, 1.165) is 0 Å². The third kappa shape index (κ3) is 6.62. The third-order valence-electron chi connectivity index (χ3n) is 2.26. The maximum atomic E-state index is 11.6. The molecular formula is C13H15ClN2O5. The van der Waals surface area contributed by atoms with Gasteiger partial charge < -0.3 is 20.5 Å². The summed E-state index contributed by atoms with van der Waals surface area (Å²) in [6.45, 7) is 0.659. The molecule has 7 nitrogen and oxygen atoms in total. The second-order valence-corrected chi connectivity index (χ2v) is 4.50. The molecule has 0 unspecified atom stereocenters. The lowest BCUT2D eigenvalue weighted by Crippen LogP contribution is -2.37. The van der Waals surface area contributed by atoms with Crippen LogP contribution in [0.15, 0.2) is 24.3 Å². The van der Waals surface area contributed by atoms with E-state index >= 15 is 0 Å². The van der Waals surface area contributed by atoms with Crippen molar-refractivity contribution in [3.05, 3.63) is 29.3 Å². The zero-order valence-corrected chi connectivity index (χ0v) is 12.1. The fraction of sp³-hybridized carbons (Fsp3) is 0.308. The minimum Gasteiger partial charge on any atom is -0.479 e. The lowest BCUT2D eigenvalue weighted by atomic mass is 10.3. The molecule has 0 radical (unpaired) electrons. The van der Waals surface area contributed by atoms with E-state index in [2.05, 4.69) is 5.32 Å². The van der Waals surface area contributed by atoms with Gasteiger partial charge in [-0.2, -0.15) is 0 Å². The quantitative estimate of drug-likeness (QED) is 0.701. The second-order valence-electron chi connectivity index (χ2n) is 4.06. The van der Waals surface area contributed by atoms with Gasteiger partial charge in [-0.3, -0.25) is 9.59 Å². The van der Waals surface area contributed by atoms with Crippen LogP contribution in [0.1, 0.15) is 6.92 Å². The Labute approximate surface area is 126 Å². The standard InChI is InChI=1S/C13H15ClN2O5/c1-8(21-10-4-2-9(14)3-5-10)13(19)20-7-12(18)16-6-11(15)17/h2-5,8H,6-7H2,1H3,(H2,15,17)(H,16,18)/t8-/m1/s1. The number of hydrogen-bond donors (Lipinski definition) is 2. The summed E-state index contributed by atoms with van der Waals surface area (Å²) in [6.07, 6.45) is -0.893. The number of carbonyl (C=O) groups excluding carboxylic acids is 3. The molecule has 8 heteroatoms. The van der Waals surface area contributed by atoms with E-state index < -0.39 is 30.5 Å². The van der Waals surface area contributed by atoms with Crippen molar-refractivity contribution in [2.24, 2.45) is 5.73 Å². The van der Waals surface area contributed by atoms with Crippen molar-refractivity contribution in [3.63, 3.8) is 0 Å². The van der Waals surface area contributed by atoms with Gasteiger partial charge in [0, 0.05) is 5.02 Å². The summed E-state index contributed by atoms with van der Waals surface area (Å²) in [5, 5.41) is 2.73. The van der Waals surface area contributed by atoms with Gasteiger partial charge in [-0.05, 0) is 31.2 Å². The molecule has 21 heavy (non-hydrogen) atoms. The summed E-state index contributed by atoms with van der Waals surface area (Å²) >= 11 is 5.72. The molecule has 0 aliphatic carbocycles. The maximum absolute atomic E-state index is 11.6. The van der Waals surface area contributed by atoms with Crippen LogP contribution in [0, 0.1) is 0 Å². The number of rotatable bonds is 7. The summed E-state index contributed by atoms with van der Waals surface area (Å²) in [7, 11) is 0. The van der Waals surface area contributed by atoms with Gasteiger partial charge in [-0.25, -0.2) is 4.79 Å². The summed E-state index contributed by atoms with van der Waals surface area (Å²) in [5.41, 5.74) is 4.85. The van der Waals surface area contributed by atoms with Crippen molar-refractivity contribution in [2.45, 2.75) is 13.0 Å². The van der Waals surface area contributed by atoms with Crippen LogP contribution in [0.5, 0.6) is 5.75 Å². The molecule has 1 atom stereocenters. The molecule has 0 aliphatic rings. The van der Waals surface area contributed by atoms with Crippen molar-refractivity contribution in [2.75, 3.05) is 13.2 Å². The monoisotopic (exact) mass is 314 g/mol. The summed E-state index contributed by atoms with van der Waals surface area (Å²) in [5.74, 6) is -1.57. The number of primary amides is 1. The van der Waals surface area contributed by atoms with Crippen LogP contribution in [-0.4, -0.2) is 37.0 Å². The fourth-order valence-corrected chi connectivity index (χ4v) is 1.38. The van der Waals surface area contributed by atoms with Crippen molar-refractivity contribution >= 4 is 29.4 Å². The highest BCUT2D eigenvalue weighted by atomic mass is 35.5. The number of nitrogens with two attached hydrogens (primary N) is 1. The van der Waals surface area contributed by atoms with Crippen LogP contribution in [0.25, 0.3) is 0 Å². The zero-order chi connectivity index (χ0) is 15.8. The largest absolute Gasteiger partial charge is 0.479 e. The van der Waals surface area contributed by atoms with E-state index in [1.54, 1.807) is 24.3 Å². The van der Waals surface area contributed by atoms with Gasteiger partial charge in [-0.15, -0.1) is 0 Å². The first-order valence-electron chi connectivity index (χ1n) is 6.02. The van der Waals surface area contributed by atoms with Crippen LogP contribution in [0.3, 0.4) is 0 Å². The molecule has 0 aliphatic heterocycles. The number of carbonyl (C=O) groups is 3. The first-order valence-corrected chi connectivity index (χ1v) is 6.40. The molecule has 0 fully saturated rings. The van der Waals surface area contributed by atoms with Gasteiger partial charge in [-0.1, -0.05) is 11.6 Å². The summed E-state index contributed by atoms with van der Waals surface area (Å²) in [6, 6.07) is 6.44. The molecule has 1 aromatic carbocycles. The van der Waals surface area contributed by atoms with Gasteiger partial charge >= 0.3 is 5.97 Å². The topological polar surface area (TPSA) is 108 Å². The van der Waals surface area contributed by atoms with Gasteiger partial charge in [0.2, 0.25) is 5.91 Å². The highest BCUT2D eigenvalue weighted by Crippen LogP contribution is 2.16. The first kappa shape index (κ1) is 16.8.